The Morgan fingerprint density at radius 3 is 3.00 bits per heavy atom. The Balaban J connectivity index is 0.00000225. The summed E-state index contributed by atoms with van der Waals surface area (Å²) in [5.41, 5.74) is 5.62. The minimum absolute atomic E-state index is 0. The molecule has 1 unspecified atom stereocenters. The van der Waals surface area contributed by atoms with E-state index in [1.54, 1.807) is 7.11 Å². The molecule has 1 atom stereocenters. The van der Waals surface area contributed by atoms with Gasteiger partial charge in [0.15, 0.2) is 5.96 Å². The summed E-state index contributed by atoms with van der Waals surface area (Å²) < 4.78 is 15.5. The van der Waals surface area contributed by atoms with Crippen LogP contribution in [0.15, 0.2) is 4.99 Å². The second-order valence-corrected chi connectivity index (χ2v) is 3.21. The van der Waals surface area contributed by atoms with Gasteiger partial charge >= 0.3 is 0 Å². The maximum atomic E-state index is 5.62. The number of nitrogens with zero attached hydrogens (tertiary/aromatic N) is 1. The van der Waals surface area contributed by atoms with Crippen LogP contribution < -0.4 is 11.1 Å². The van der Waals surface area contributed by atoms with Crippen LogP contribution in [0, 0.1) is 0 Å². The van der Waals surface area contributed by atoms with Gasteiger partial charge in [0.25, 0.3) is 0 Å². The van der Waals surface area contributed by atoms with E-state index in [1.165, 1.54) is 0 Å². The topological polar surface area (TPSA) is 78.1 Å². The van der Waals surface area contributed by atoms with Gasteiger partial charge < -0.3 is 25.3 Å². The quantitative estimate of drug-likeness (QED) is 0.306. The van der Waals surface area contributed by atoms with Crippen LogP contribution in [0.25, 0.3) is 0 Å². The van der Waals surface area contributed by atoms with Crippen LogP contribution in [0.1, 0.15) is 0 Å². The highest BCUT2D eigenvalue weighted by atomic mass is 127. The lowest BCUT2D eigenvalue weighted by atomic mass is 10.3. The summed E-state index contributed by atoms with van der Waals surface area (Å²) in [5, 5.41) is 2.93. The molecule has 0 aromatic heterocycles. The second-order valence-electron chi connectivity index (χ2n) is 3.21. The fourth-order valence-corrected chi connectivity index (χ4v) is 1.18. The highest BCUT2D eigenvalue weighted by molar-refractivity contribution is 14.0. The molecule has 1 saturated heterocycles. The fourth-order valence-electron chi connectivity index (χ4n) is 1.18. The molecule has 1 rings (SSSR count). The third-order valence-corrected chi connectivity index (χ3v) is 1.96. The number of methoxy groups -OCH3 is 1. The van der Waals surface area contributed by atoms with Gasteiger partial charge in [0.1, 0.15) is 6.10 Å². The molecule has 1 aliphatic heterocycles. The van der Waals surface area contributed by atoms with E-state index >= 15 is 0 Å². The Labute approximate surface area is 113 Å². The van der Waals surface area contributed by atoms with E-state index < -0.39 is 0 Å². The summed E-state index contributed by atoms with van der Waals surface area (Å²) >= 11 is 0. The Bertz CT molecular complexity index is 198. The summed E-state index contributed by atoms with van der Waals surface area (Å²) in [4.78, 5) is 4.14. The number of aliphatic imine (C=N–C) groups is 1. The van der Waals surface area contributed by atoms with Crippen LogP contribution in [0.5, 0.6) is 0 Å². The van der Waals surface area contributed by atoms with Gasteiger partial charge in [-0.05, 0) is 0 Å². The smallest absolute Gasteiger partial charge is 0.188 e. The minimum Gasteiger partial charge on any atom is -0.383 e. The first kappa shape index (κ1) is 15.9. The van der Waals surface area contributed by atoms with E-state index in [1.807, 2.05) is 0 Å². The SMILES string of the molecule is COCCNC(N)=NCC1COCCO1.I. The van der Waals surface area contributed by atoms with Gasteiger partial charge in [-0.25, -0.2) is 0 Å². The summed E-state index contributed by atoms with van der Waals surface area (Å²) in [5.74, 6) is 0.418. The van der Waals surface area contributed by atoms with Crippen LogP contribution in [0.3, 0.4) is 0 Å². The maximum absolute atomic E-state index is 5.62. The lowest BCUT2D eigenvalue weighted by molar-refractivity contribution is -0.0832. The third kappa shape index (κ3) is 7.20. The molecule has 16 heavy (non-hydrogen) atoms. The van der Waals surface area contributed by atoms with Crippen molar-refractivity contribution in [2.45, 2.75) is 6.10 Å². The van der Waals surface area contributed by atoms with Crippen molar-refractivity contribution in [3.8, 4) is 0 Å². The average Bonchev–Trinajstić information content (AvgIpc) is 2.28. The first-order valence-corrected chi connectivity index (χ1v) is 5.05. The number of hydrogen-bond donors (Lipinski definition) is 2. The predicted molar refractivity (Wildman–Crippen MR) is 72.3 cm³/mol. The molecular weight excluding hydrogens is 325 g/mol. The lowest BCUT2D eigenvalue weighted by Gasteiger charge is -2.21. The van der Waals surface area contributed by atoms with Crippen LogP contribution in [-0.4, -0.2) is 58.7 Å². The van der Waals surface area contributed by atoms with E-state index in [9.17, 15) is 0 Å². The summed E-state index contributed by atoms with van der Waals surface area (Å²) in [7, 11) is 1.64. The van der Waals surface area contributed by atoms with Gasteiger partial charge in [-0.2, -0.15) is 0 Å². The van der Waals surface area contributed by atoms with Crippen molar-refractivity contribution in [2.75, 3.05) is 46.6 Å². The number of ether oxygens (including phenoxy) is 3. The van der Waals surface area contributed by atoms with Gasteiger partial charge in [-0.3, -0.25) is 4.99 Å². The van der Waals surface area contributed by atoms with E-state index in [4.69, 9.17) is 19.9 Å². The Morgan fingerprint density at radius 2 is 2.38 bits per heavy atom. The summed E-state index contributed by atoms with van der Waals surface area (Å²) in [6.07, 6.45) is 0.0292. The molecule has 1 fully saturated rings. The van der Waals surface area contributed by atoms with Crippen molar-refractivity contribution >= 4 is 29.9 Å². The molecule has 0 aromatic carbocycles. The normalized spacial score (nSPS) is 21.3. The molecule has 0 aromatic rings. The lowest BCUT2D eigenvalue weighted by Crippen LogP contribution is -2.36. The average molecular weight is 345 g/mol. The zero-order valence-electron chi connectivity index (χ0n) is 9.48. The third-order valence-electron chi connectivity index (χ3n) is 1.96. The Morgan fingerprint density at radius 1 is 1.56 bits per heavy atom. The zero-order chi connectivity index (χ0) is 10.9. The molecule has 0 spiro atoms. The van der Waals surface area contributed by atoms with Crippen molar-refractivity contribution in [1.82, 2.24) is 5.32 Å². The second kappa shape index (κ2) is 10.1. The molecular formula is C9H20IN3O3. The van der Waals surface area contributed by atoms with Crippen molar-refractivity contribution in [3.05, 3.63) is 0 Å². The highest BCUT2D eigenvalue weighted by Gasteiger charge is 2.13. The summed E-state index contributed by atoms with van der Waals surface area (Å²) in [6.45, 7) is 3.70. The number of halogens is 1. The molecule has 3 N–H and O–H groups in total. The number of guanidine groups is 1. The van der Waals surface area contributed by atoms with Crippen molar-refractivity contribution in [2.24, 2.45) is 10.7 Å². The Kier molecular flexibility index (Phi) is 9.99. The molecule has 1 aliphatic rings. The predicted octanol–water partition coefficient (Wildman–Crippen LogP) is -0.429. The van der Waals surface area contributed by atoms with Crippen LogP contribution in [-0.2, 0) is 14.2 Å². The number of nitrogens with two attached hydrogens (primary N) is 1. The monoisotopic (exact) mass is 345 g/mol. The van der Waals surface area contributed by atoms with Gasteiger partial charge in [0.2, 0.25) is 0 Å². The first-order valence-electron chi connectivity index (χ1n) is 5.05. The maximum Gasteiger partial charge on any atom is 0.188 e. The number of rotatable bonds is 5. The molecule has 0 aliphatic carbocycles. The van der Waals surface area contributed by atoms with Crippen molar-refractivity contribution in [3.63, 3.8) is 0 Å². The summed E-state index contributed by atoms with van der Waals surface area (Å²) in [6, 6.07) is 0. The molecule has 0 bridgehead atoms. The van der Waals surface area contributed by atoms with E-state index in [2.05, 4.69) is 10.3 Å². The largest absolute Gasteiger partial charge is 0.383 e. The minimum atomic E-state index is 0. The van der Waals surface area contributed by atoms with Crippen molar-refractivity contribution in [1.29, 1.82) is 0 Å². The van der Waals surface area contributed by atoms with Crippen molar-refractivity contribution < 1.29 is 14.2 Å². The van der Waals surface area contributed by atoms with Crippen LogP contribution in [0.4, 0.5) is 0 Å². The van der Waals surface area contributed by atoms with Gasteiger partial charge in [0.05, 0.1) is 33.0 Å². The van der Waals surface area contributed by atoms with Crippen LogP contribution >= 0.6 is 24.0 Å². The van der Waals surface area contributed by atoms with Gasteiger partial charge in [0, 0.05) is 13.7 Å². The van der Waals surface area contributed by atoms with Gasteiger partial charge in [-0.1, -0.05) is 0 Å². The molecule has 0 radical (unpaired) electrons. The number of nitrogens with one attached hydrogen (secondary N) is 1. The highest BCUT2D eigenvalue weighted by Crippen LogP contribution is 2.00. The van der Waals surface area contributed by atoms with E-state index in [0.29, 0.717) is 45.5 Å². The molecule has 96 valence electrons. The molecule has 0 amide bonds. The molecule has 7 heteroatoms. The number of hydrogen-bond acceptors (Lipinski definition) is 4. The standard InChI is InChI=1S/C9H19N3O3.HI/c1-13-3-2-11-9(10)12-6-8-7-14-4-5-15-8;/h8H,2-7H2,1H3,(H3,10,11,12);1H. The van der Waals surface area contributed by atoms with Gasteiger partial charge in [-0.15, -0.1) is 24.0 Å². The Hall–Kier alpha value is -0.120. The fraction of sp³-hybridized carbons (Fsp3) is 0.889. The first-order chi connectivity index (χ1) is 7.33. The van der Waals surface area contributed by atoms with E-state index in [0.717, 1.165) is 0 Å². The zero-order valence-corrected chi connectivity index (χ0v) is 11.8. The van der Waals surface area contributed by atoms with Crippen LogP contribution in [0.2, 0.25) is 0 Å². The molecule has 0 saturated carbocycles. The molecule has 1 heterocycles. The molecule has 6 nitrogen and oxygen atoms in total. The van der Waals surface area contributed by atoms with E-state index in [-0.39, 0.29) is 30.1 Å².